The number of ether oxygens (including phenoxy) is 1. The Bertz CT molecular complexity index is 1440. The Hall–Kier alpha value is -3.79. The van der Waals surface area contributed by atoms with Crippen LogP contribution in [0.15, 0.2) is 36.4 Å². The van der Waals surface area contributed by atoms with Gasteiger partial charge in [0.2, 0.25) is 0 Å². The minimum Gasteiger partial charge on any atom is -0.444 e. The molecule has 1 atom stereocenters. The van der Waals surface area contributed by atoms with Crippen LogP contribution >= 0.6 is 0 Å². The summed E-state index contributed by atoms with van der Waals surface area (Å²) >= 11 is 0. The van der Waals surface area contributed by atoms with Gasteiger partial charge >= 0.3 is 6.09 Å². The van der Waals surface area contributed by atoms with Crippen LogP contribution in [0.2, 0.25) is 0 Å². The fourth-order valence-electron chi connectivity index (χ4n) is 5.50. The van der Waals surface area contributed by atoms with Crippen LogP contribution in [0, 0.1) is 11.3 Å². The van der Waals surface area contributed by atoms with Crippen molar-refractivity contribution in [2.75, 3.05) is 24.5 Å². The van der Waals surface area contributed by atoms with Crippen molar-refractivity contribution in [2.24, 2.45) is 0 Å². The SMILES string of the molecule is C[C@H]1CN(C(=O)OC(C)(C)C)CCN1c1ccc2c(c1)C(C)(C)c1[nH]c3cc(C#N)ccc3c1C2=O. The van der Waals surface area contributed by atoms with Crippen LogP contribution in [0.4, 0.5) is 10.5 Å². The summed E-state index contributed by atoms with van der Waals surface area (Å²) in [5.41, 5.74) is 4.72. The molecule has 1 aliphatic carbocycles. The van der Waals surface area contributed by atoms with Crippen molar-refractivity contribution in [1.29, 1.82) is 5.26 Å². The van der Waals surface area contributed by atoms with Crippen molar-refractivity contribution >= 4 is 28.5 Å². The van der Waals surface area contributed by atoms with Crippen LogP contribution in [-0.2, 0) is 10.2 Å². The molecular weight excluding hydrogens is 452 g/mol. The van der Waals surface area contributed by atoms with Crippen LogP contribution in [0.1, 0.15) is 74.3 Å². The Morgan fingerprint density at radius 3 is 2.58 bits per heavy atom. The number of nitrogens with zero attached hydrogens (tertiary/aromatic N) is 3. The summed E-state index contributed by atoms with van der Waals surface area (Å²) in [5, 5.41) is 10.2. The second kappa shape index (κ2) is 8.12. The second-order valence-corrected chi connectivity index (χ2v) is 11.4. The highest BCUT2D eigenvalue weighted by atomic mass is 16.6. The van der Waals surface area contributed by atoms with Crippen molar-refractivity contribution in [1.82, 2.24) is 9.88 Å². The lowest BCUT2D eigenvalue weighted by atomic mass is 9.71. The van der Waals surface area contributed by atoms with E-state index in [9.17, 15) is 14.9 Å². The van der Waals surface area contributed by atoms with Gasteiger partial charge in [0, 0.05) is 58.9 Å². The molecule has 3 aromatic rings. The molecule has 2 aliphatic rings. The van der Waals surface area contributed by atoms with Crippen LogP contribution in [0.25, 0.3) is 10.9 Å². The first-order valence-corrected chi connectivity index (χ1v) is 12.4. The first-order valence-electron chi connectivity index (χ1n) is 12.4. The molecule has 36 heavy (non-hydrogen) atoms. The number of aromatic amines is 1. The van der Waals surface area contributed by atoms with Crippen LogP contribution in [0.5, 0.6) is 0 Å². The number of nitrogens with one attached hydrogen (secondary N) is 1. The topological polar surface area (TPSA) is 89.4 Å². The van der Waals surface area contributed by atoms with E-state index < -0.39 is 11.0 Å². The van der Waals surface area contributed by atoms with Crippen molar-refractivity contribution in [3.8, 4) is 6.07 Å². The van der Waals surface area contributed by atoms with Gasteiger partial charge < -0.3 is 19.5 Å². The van der Waals surface area contributed by atoms with Gasteiger partial charge in [-0.05, 0) is 63.6 Å². The summed E-state index contributed by atoms with van der Waals surface area (Å²) in [7, 11) is 0. The number of hydrogen-bond donors (Lipinski definition) is 1. The fraction of sp³-hybridized carbons (Fsp3) is 0.414. The van der Waals surface area contributed by atoms with Gasteiger partial charge in [-0.3, -0.25) is 4.79 Å². The Kier molecular flexibility index (Phi) is 5.40. The normalized spacial score (nSPS) is 19.0. The molecule has 1 saturated heterocycles. The second-order valence-electron chi connectivity index (χ2n) is 11.4. The number of ketones is 1. The number of amides is 1. The van der Waals surface area contributed by atoms with Crippen molar-refractivity contribution < 1.29 is 14.3 Å². The van der Waals surface area contributed by atoms with E-state index in [1.807, 2.05) is 39.0 Å². The number of benzene rings is 2. The molecule has 1 N–H and O–H groups in total. The minimum atomic E-state index is -0.522. The summed E-state index contributed by atoms with van der Waals surface area (Å²) in [6.45, 7) is 13.8. The van der Waals surface area contributed by atoms with E-state index in [1.165, 1.54) is 0 Å². The predicted molar refractivity (Wildman–Crippen MR) is 140 cm³/mol. The molecule has 5 rings (SSSR count). The molecule has 0 bridgehead atoms. The van der Waals surface area contributed by atoms with Gasteiger partial charge in [-0.25, -0.2) is 4.79 Å². The number of hydrogen-bond acceptors (Lipinski definition) is 5. The Labute approximate surface area is 211 Å². The zero-order valence-corrected chi connectivity index (χ0v) is 21.7. The van der Waals surface area contributed by atoms with E-state index >= 15 is 0 Å². The molecule has 2 aromatic carbocycles. The summed E-state index contributed by atoms with van der Waals surface area (Å²) in [6.07, 6.45) is -0.280. The third-order valence-corrected chi connectivity index (χ3v) is 7.31. The summed E-state index contributed by atoms with van der Waals surface area (Å²) in [6, 6.07) is 13.8. The van der Waals surface area contributed by atoms with E-state index in [4.69, 9.17) is 4.74 Å². The monoisotopic (exact) mass is 484 g/mol. The van der Waals surface area contributed by atoms with E-state index in [1.54, 1.807) is 17.0 Å². The molecule has 2 heterocycles. The van der Waals surface area contributed by atoms with Gasteiger partial charge in [0.15, 0.2) is 5.78 Å². The first-order chi connectivity index (χ1) is 16.9. The zero-order valence-electron chi connectivity index (χ0n) is 21.7. The number of aromatic nitrogens is 1. The number of anilines is 1. The molecule has 0 unspecified atom stereocenters. The number of rotatable bonds is 1. The Morgan fingerprint density at radius 1 is 1.17 bits per heavy atom. The van der Waals surface area contributed by atoms with Crippen LogP contribution < -0.4 is 4.90 Å². The molecule has 0 saturated carbocycles. The predicted octanol–water partition coefficient (Wildman–Crippen LogP) is 5.36. The largest absolute Gasteiger partial charge is 0.444 e. The van der Waals surface area contributed by atoms with Gasteiger partial charge in [0.05, 0.1) is 17.2 Å². The molecule has 1 fully saturated rings. The average molecular weight is 485 g/mol. The number of fused-ring (bicyclic) bond motifs is 4. The zero-order chi connectivity index (χ0) is 26.0. The maximum absolute atomic E-state index is 13.7. The van der Waals surface area contributed by atoms with Gasteiger partial charge in [-0.15, -0.1) is 0 Å². The van der Waals surface area contributed by atoms with Crippen LogP contribution in [0.3, 0.4) is 0 Å². The van der Waals surface area contributed by atoms with E-state index in [-0.39, 0.29) is 17.9 Å². The average Bonchev–Trinajstić information content (AvgIpc) is 3.21. The number of carbonyl (C=O) groups is 2. The van der Waals surface area contributed by atoms with Gasteiger partial charge in [-0.1, -0.05) is 19.9 Å². The molecule has 7 heteroatoms. The third kappa shape index (κ3) is 3.81. The lowest BCUT2D eigenvalue weighted by molar-refractivity contribution is 0.0218. The summed E-state index contributed by atoms with van der Waals surface area (Å²) < 4.78 is 5.56. The van der Waals surface area contributed by atoms with Gasteiger partial charge in [-0.2, -0.15) is 5.26 Å². The molecule has 0 spiro atoms. The van der Waals surface area contributed by atoms with Crippen molar-refractivity contribution in [2.45, 2.75) is 58.6 Å². The summed E-state index contributed by atoms with van der Waals surface area (Å²) in [4.78, 5) is 33.7. The fourth-order valence-corrected chi connectivity index (χ4v) is 5.50. The molecule has 1 aliphatic heterocycles. The van der Waals surface area contributed by atoms with Crippen molar-refractivity contribution in [3.05, 3.63) is 64.3 Å². The maximum Gasteiger partial charge on any atom is 0.410 e. The molecular formula is C29H32N4O3. The van der Waals surface area contributed by atoms with E-state index in [0.29, 0.717) is 36.3 Å². The first kappa shape index (κ1) is 23.9. The molecule has 1 amide bonds. The van der Waals surface area contributed by atoms with Gasteiger partial charge in [0.1, 0.15) is 5.60 Å². The van der Waals surface area contributed by atoms with Gasteiger partial charge in [0.25, 0.3) is 0 Å². The highest BCUT2D eigenvalue weighted by Gasteiger charge is 2.40. The van der Waals surface area contributed by atoms with E-state index in [2.05, 4.69) is 42.8 Å². The number of H-pyrrole nitrogens is 1. The quantitative estimate of drug-likeness (QED) is 0.503. The standard InChI is InChI=1S/C29H32N4O3/c1-17-16-32(27(35)36-28(2,3)4)11-12-33(17)19-8-10-20-22(14-19)29(5,6)26-24(25(20)34)21-9-7-18(15-30)13-23(21)31-26/h7-10,13-14,17,31H,11-12,16H2,1-6H3/t17-/m0/s1. The smallest absolute Gasteiger partial charge is 0.410 e. The van der Waals surface area contributed by atoms with Crippen LogP contribution in [-0.4, -0.2) is 53.0 Å². The van der Waals surface area contributed by atoms with Crippen molar-refractivity contribution in [3.63, 3.8) is 0 Å². The lowest BCUT2D eigenvalue weighted by Gasteiger charge is -2.42. The number of nitriles is 1. The molecule has 7 nitrogen and oxygen atoms in total. The third-order valence-electron chi connectivity index (χ3n) is 7.31. The molecule has 1 aromatic heterocycles. The lowest BCUT2D eigenvalue weighted by Crippen LogP contribution is -2.54. The highest BCUT2D eigenvalue weighted by molar-refractivity contribution is 6.20. The van der Waals surface area contributed by atoms with E-state index in [0.717, 1.165) is 27.8 Å². The Balaban J connectivity index is 1.47. The Morgan fingerprint density at radius 2 is 1.92 bits per heavy atom. The molecule has 186 valence electrons. The maximum atomic E-state index is 13.7. The number of piperazine rings is 1. The summed E-state index contributed by atoms with van der Waals surface area (Å²) in [5.74, 6) is 0.00428. The minimum absolute atomic E-state index is 0.00428. The highest BCUT2D eigenvalue weighted by Crippen LogP contribution is 2.45. The number of carbonyl (C=O) groups excluding carboxylic acids is 2. The molecule has 0 radical (unpaired) electrons.